The minimum absolute atomic E-state index is 0.157. The van der Waals surface area contributed by atoms with Crippen LogP contribution in [0.4, 0.5) is 0 Å². The van der Waals surface area contributed by atoms with Gasteiger partial charge >= 0.3 is 0 Å². The molecule has 5 heteroatoms. The van der Waals surface area contributed by atoms with Gasteiger partial charge in [-0.25, -0.2) is 4.98 Å². The third-order valence-corrected chi connectivity index (χ3v) is 6.13. The van der Waals surface area contributed by atoms with Crippen molar-refractivity contribution in [3.05, 3.63) is 29.3 Å². The molecule has 23 heavy (non-hydrogen) atoms. The van der Waals surface area contributed by atoms with E-state index < -0.39 is 0 Å². The largest absolute Gasteiger partial charge is 0.378 e. The summed E-state index contributed by atoms with van der Waals surface area (Å²) in [5, 5.41) is 1.23. The van der Waals surface area contributed by atoms with E-state index in [1.54, 1.807) is 11.3 Å². The van der Waals surface area contributed by atoms with Gasteiger partial charge in [0.05, 0.1) is 27.7 Å². The first-order valence-electron chi connectivity index (χ1n) is 8.54. The van der Waals surface area contributed by atoms with E-state index in [0.717, 1.165) is 50.9 Å². The van der Waals surface area contributed by atoms with Gasteiger partial charge in [0.2, 0.25) is 5.91 Å². The first-order chi connectivity index (χ1) is 11.3. The van der Waals surface area contributed by atoms with Crippen molar-refractivity contribution < 1.29 is 9.53 Å². The molecule has 1 atom stereocenters. The zero-order chi connectivity index (χ0) is 15.6. The lowest BCUT2D eigenvalue weighted by Crippen LogP contribution is -2.39. The lowest BCUT2D eigenvalue weighted by atomic mass is 9.97. The fraction of sp³-hybridized carbons (Fsp3) is 0.556. The monoisotopic (exact) mass is 330 g/mol. The molecule has 1 amide bonds. The molecule has 1 aromatic carbocycles. The predicted molar refractivity (Wildman–Crippen MR) is 91.8 cm³/mol. The number of likely N-dealkylation sites (tertiary alicyclic amines) is 1. The maximum absolute atomic E-state index is 12.4. The highest BCUT2D eigenvalue weighted by Crippen LogP contribution is 2.34. The summed E-state index contributed by atoms with van der Waals surface area (Å²) in [7, 11) is 0. The SMILES string of the molecule is O=C(CC1CCCO1)N1CCC(c2nc3ccccc3s2)CC1. The molecule has 0 spiro atoms. The van der Waals surface area contributed by atoms with Crippen molar-refractivity contribution in [1.29, 1.82) is 0 Å². The lowest BCUT2D eigenvalue weighted by Gasteiger charge is -2.31. The van der Waals surface area contributed by atoms with Crippen LogP contribution in [0.1, 0.15) is 43.0 Å². The molecule has 4 rings (SSSR count). The van der Waals surface area contributed by atoms with Crippen molar-refractivity contribution in [2.45, 2.75) is 44.1 Å². The molecule has 1 unspecified atom stereocenters. The summed E-state index contributed by atoms with van der Waals surface area (Å²) in [5.41, 5.74) is 1.10. The number of hydrogen-bond donors (Lipinski definition) is 0. The first kappa shape index (κ1) is 15.1. The van der Waals surface area contributed by atoms with Gasteiger partial charge in [0.15, 0.2) is 0 Å². The average Bonchev–Trinajstić information content (AvgIpc) is 3.24. The zero-order valence-electron chi connectivity index (χ0n) is 13.2. The van der Waals surface area contributed by atoms with Crippen LogP contribution in [0.5, 0.6) is 0 Å². The van der Waals surface area contributed by atoms with Gasteiger partial charge in [-0.15, -0.1) is 11.3 Å². The Morgan fingerprint density at radius 1 is 1.26 bits per heavy atom. The second kappa shape index (κ2) is 6.57. The van der Waals surface area contributed by atoms with Crippen LogP contribution in [0.25, 0.3) is 10.2 Å². The predicted octanol–water partition coefficient (Wildman–Crippen LogP) is 3.57. The number of carbonyl (C=O) groups excluding carboxylic acids is 1. The standard InChI is InChI=1S/C18H22N2O2S/c21-17(12-14-4-3-11-22-14)20-9-7-13(8-10-20)18-19-15-5-1-2-6-16(15)23-18/h1-2,5-6,13-14H,3-4,7-12H2. The summed E-state index contributed by atoms with van der Waals surface area (Å²) in [6.07, 6.45) is 4.90. The molecule has 0 N–H and O–H groups in total. The Hall–Kier alpha value is -1.46. The highest BCUT2D eigenvalue weighted by molar-refractivity contribution is 7.18. The molecule has 2 fully saturated rings. The maximum Gasteiger partial charge on any atom is 0.225 e. The quantitative estimate of drug-likeness (QED) is 0.864. The Kier molecular flexibility index (Phi) is 4.31. The van der Waals surface area contributed by atoms with E-state index in [0.29, 0.717) is 12.3 Å². The van der Waals surface area contributed by atoms with Gasteiger partial charge in [-0.3, -0.25) is 4.79 Å². The van der Waals surface area contributed by atoms with E-state index in [2.05, 4.69) is 18.2 Å². The van der Waals surface area contributed by atoms with E-state index in [-0.39, 0.29) is 12.0 Å². The number of piperidine rings is 1. The number of carbonyl (C=O) groups is 1. The van der Waals surface area contributed by atoms with E-state index in [4.69, 9.17) is 9.72 Å². The normalized spacial score (nSPS) is 22.8. The van der Waals surface area contributed by atoms with Crippen molar-refractivity contribution >= 4 is 27.5 Å². The Morgan fingerprint density at radius 2 is 2.09 bits per heavy atom. The van der Waals surface area contributed by atoms with Gasteiger partial charge in [0.25, 0.3) is 0 Å². The topological polar surface area (TPSA) is 42.4 Å². The van der Waals surface area contributed by atoms with E-state index >= 15 is 0 Å². The van der Waals surface area contributed by atoms with E-state index in [1.165, 1.54) is 9.71 Å². The number of ether oxygens (including phenoxy) is 1. The smallest absolute Gasteiger partial charge is 0.225 e. The second-order valence-electron chi connectivity index (χ2n) is 6.51. The molecular weight excluding hydrogens is 308 g/mol. The fourth-order valence-corrected chi connectivity index (χ4v) is 4.71. The van der Waals surface area contributed by atoms with Crippen LogP contribution in [-0.4, -0.2) is 41.6 Å². The lowest BCUT2D eigenvalue weighted by molar-refractivity contribution is -0.134. The number of nitrogens with zero attached hydrogens (tertiary/aromatic N) is 2. The van der Waals surface area contributed by atoms with Crippen molar-refractivity contribution in [2.24, 2.45) is 0 Å². The van der Waals surface area contributed by atoms with Crippen molar-refractivity contribution in [2.75, 3.05) is 19.7 Å². The summed E-state index contributed by atoms with van der Waals surface area (Å²) < 4.78 is 6.85. The molecule has 0 radical (unpaired) electrons. The van der Waals surface area contributed by atoms with Crippen LogP contribution in [0.15, 0.2) is 24.3 Å². The number of aromatic nitrogens is 1. The van der Waals surface area contributed by atoms with Crippen molar-refractivity contribution in [1.82, 2.24) is 9.88 Å². The molecule has 2 aliphatic heterocycles. The molecule has 4 nitrogen and oxygen atoms in total. The average molecular weight is 330 g/mol. The Balaban J connectivity index is 1.35. The molecule has 2 aliphatic rings. The molecule has 2 saturated heterocycles. The minimum atomic E-state index is 0.157. The molecule has 1 aromatic heterocycles. The third-order valence-electron chi connectivity index (χ3n) is 4.93. The van der Waals surface area contributed by atoms with Crippen LogP contribution in [-0.2, 0) is 9.53 Å². The van der Waals surface area contributed by atoms with Gasteiger partial charge in [-0.05, 0) is 37.8 Å². The summed E-state index contributed by atoms with van der Waals surface area (Å²) in [4.78, 5) is 19.2. The molecular formula is C18H22N2O2S. The minimum Gasteiger partial charge on any atom is -0.378 e. The number of amides is 1. The van der Waals surface area contributed by atoms with Crippen molar-refractivity contribution in [3.8, 4) is 0 Å². The number of hydrogen-bond acceptors (Lipinski definition) is 4. The zero-order valence-corrected chi connectivity index (χ0v) is 14.1. The summed E-state index contributed by atoms with van der Waals surface area (Å²) in [6, 6.07) is 8.32. The number of thiazole rings is 1. The number of benzene rings is 1. The van der Waals surface area contributed by atoms with Gasteiger partial charge in [-0.1, -0.05) is 12.1 Å². The van der Waals surface area contributed by atoms with Gasteiger partial charge in [-0.2, -0.15) is 0 Å². The molecule has 2 aromatic rings. The molecule has 122 valence electrons. The molecule has 0 aliphatic carbocycles. The van der Waals surface area contributed by atoms with Crippen LogP contribution < -0.4 is 0 Å². The maximum atomic E-state index is 12.4. The molecule has 0 bridgehead atoms. The van der Waals surface area contributed by atoms with Crippen LogP contribution in [0.2, 0.25) is 0 Å². The number of para-hydroxylation sites is 1. The second-order valence-corrected chi connectivity index (χ2v) is 7.58. The Labute approximate surface area is 140 Å². The molecule has 0 saturated carbocycles. The van der Waals surface area contributed by atoms with Gasteiger partial charge in [0.1, 0.15) is 0 Å². The fourth-order valence-electron chi connectivity index (χ4n) is 3.57. The van der Waals surface area contributed by atoms with Crippen LogP contribution >= 0.6 is 11.3 Å². The van der Waals surface area contributed by atoms with E-state index in [1.807, 2.05) is 11.0 Å². The van der Waals surface area contributed by atoms with Crippen molar-refractivity contribution in [3.63, 3.8) is 0 Å². The summed E-state index contributed by atoms with van der Waals surface area (Å²) >= 11 is 1.81. The third kappa shape index (κ3) is 3.26. The summed E-state index contributed by atoms with van der Waals surface area (Å²) in [6.45, 7) is 2.52. The molecule has 3 heterocycles. The number of rotatable bonds is 3. The van der Waals surface area contributed by atoms with Crippen LogP contribution in [0.3, 0.4) is 0 Å². The van der Waals surface area contributed by atoms with Crippen LogP contribution in [0, 0.1) is 0 Å². The number of fused-ring (bicyclic) bond motifs is 1. The Morgan fingerprint density at radius 3 is 2.83 bits per heavy atom. The highest BCUT2D eigenvalue weighted by atomic mass is 32.1. The van der Waals surface area contributed by atoms with E-state index in [9.17, 15) is 4.79 Å². The Bertz CT molecular complexity index is 652. The van der Waals surface area contributed by atoms with Gasteiger partial charge < -0.3 is 9.64 Å². The summed E-state index contributed by atoms with van der Waals surface area (Å²) in [5.74, 6) is 0.763. The first-order valence-corrected chi connectivity index (χ1v) is 9.36. The highest BCUT2D eigenvalue weighted by Gasteiger charge is 2.28. The van der Waals surface area contributed by atoms with Gasteiger partial charge in [0, 0.05) is 25.6 Å².